The maximum Gasteiger partial charge on any atom is 0.407 e. The van der Waals surface area contributed by atoms with E-state index >= 15 is 0 Å². The van der Waals surface area contributed by atoms with Gasteiger partial charge in [0.1, 0.15) is 18.0 Å². The molecule has 0 aliphatic carbocycles. The normalized spacial score (nSPS) is 11.1. The summed E-state index contributed by atoms with van der Waals surface area (Å²) in [6.45, 7) is 5.80. The van der Waals surface area contributed by atoms with Crippen LogP contribution in [0.25, 0.3) is 0 Å². The number of carbonyl (C=O) groups excluding carboxylic acids is 1. The third-order valence-electron chi connectivity index (χ3n) is 1.82. The molecule has 0 bridgehead atoms. The van der Waals surface area contributed by atoms with Crippen LogP contribution in [0.1, 0.15) is 26.3 Å². The van der Waals surface area contributed by atoms with Gasteiger partial charge in [0.05, 0.1) is 19.2 Å². The number of aryl methyl sites for hydroxylation is 1. The number of hydrogen-bond acceptors (Lipinski definition) is 3. The van der Waals surface area contributed by atoms with E-state index in [-0.39, 0.29) is 0 Å². The first kappa shape index (κ1) is 13.7. The molecule has 1 heterocycles. The molecule has 1 aromatic rings. The number of ether oxygens (including phenoxy) is 1. The van der Waals surface area contributed by atoms with Gasteiger partial charge in [0, 0.05) is 11.6 Å². The fraction of sp³-hybridized carbons (Fsp3) is 0.545. The summed E-state index contributed by atoms with van der Waals surface area (Å²) < 4.78 is 6.78. The Labute approximate surface area is 106 Å². The van der Waals surface area contributed by atoms with Gasteiger partial charge >= 0.3 is 11.4 Å². The fourth-order valence-corrected chi connectivity index (χ4v) is 1.24. The van der Waals surface area contributed by atoms with E-state index in [1.807, 2.05) is 20.8 Å². The summed E-state index contributed by atoms with van der Waals surface area (Å²) in [4.78, 5) is 15.4. The minimum absolute atomic E-state index is 0.354. The highest BCUT2D eigenvalue weighted by Gasteiger charge is 2.16. The molecule has 1 rings (SSSR count). The Kier molecular flexibility index (Phi) is 4.28. The van der Waals surface area contributed by atoms with Gasteiger partial charge in [-0.2, -0.15) is 0 Å². The number of nitrogens with one attached hydrogen (secondary N) is 1. The number of amides is 1. The van der Waals surface area contributed by atoms with Crippen LogP contribution in [0.5, 0.6) is 0 Å². The predicted octanol–water partition coefficient (Wildman–Crippen LogP) is 1.58. The van der Waals surface area contributed by atoms with Crippen LogP contribution < -0.4 is 9.88 Å². The van der Waals surface area contributed by atoms with Gasteiger partial charge in [-0.15, -0.1) is 0 Å². The Balaban J connectivity index is 2.50. The molecule has 0 aliphatic heterocycles. The number of rotatable bonds is 2. The molecule has 5 nitrogen and oxygen atoms in total. The zero-order valence-corrected chi connectivity index (χ0v) is 11.2. The molecule has 1 aromatic heterocycles. The van der Waals surface area contributed by atoms with Crippen molar-refractivity contribution in [1.82, 2.24) is 10.3 Å². The van der Waals surface area contributed by atoms with Gasteiger partial charge < -0.3 is 10.1 Å². The third kappa shape index (κ3) is 4.99. The molecule has 0 radical (unpaired) electrons. The zero-order valence-electron chi connectivity index (χ0n) is 10.5. The lowest BCUT2D eigenvalue weighted by atomic mass is 10.2. The lowest BCUT2D eigenvalue weighted by Gasteiger charge is -2.19. The van der Waals surface area contributed by atoms with Gasteiger partial charge in [0.25, 0.3) is 0 Å². The number of halogens is 1. The first-order valence-corrected chi connectivity index (χ1v) is 5.62. The van der Waals surface area contributed by atoms with Crippen molar-refractivity contribution in [3.63, 3.8) is 0 Å². The van der Waals surface area contributed by atoms with E-state index in [1.165, 1.54) is 0 Å². The molecule has 6 heteroatoms. The number of aromatic nitrogens is 2. The number of hydrogen-bond donors (Lipinski definition) is 1. The van der Waals surface area contributed by atoms with Gasteiger partial charge in [-0.05, 0) is 25.8 Å². The largest absolute Gasteiger partial charge is 0.444 e. The van der Waals surface area contributed by atoms with E-state index < -0.39 is 11.7 Å². The molecule has 0 spiro atoms. The molecule has 1 amide bonds. The highest BCUT2D eigenvalue weighted by molar-refractivity contribution is 6.27. The monoisotopic (exact) mass is 258 g/mol. The summed E-state index contributed by atoms with van der Waals surface area (Å²) in [5, 5.41) is 3.04. The second-order valence-corrected chi connectivity index (χ2v) is 5.04. The standard InChI is InChI=1S/C11H16ClN3O2/c1-11(2,3)17-10(16)14-6-8-5-13-9(12)15(4)7-8/h5,7H,6H2,1-4H3/p+1. The Morgan fingerprint density at radius 1 is 1.59 bits per heavy atom. The van der Waals surface area contributed by atoms with E-state index in [0.29, 0.717) is 11.8 Å². The summed E-state index contributed by atoms with van der Waals surface area (Å²) in [6.07, 6.45) is 2.96. The van der Waals surface area contributed by atoms with Crippen LogP contribution in [-0.2, 0) is 18.3 Å². The molecule has 0 atom stereocenters. The lowest BCUT2D eigenvalue weighted by molar-refractivity contribution is -0.672. The molecule has 0 saturated carbocycles. The maximum absolute atomic E-state index is 11.4. The third-order valence-corrected chi connectivity index (χ3v) is 2.19. The van der Waals surface area contributed by atoms with Crippen LogP contribution in [-0.4, -0.2) is 16.7 Å². The topological polar surface area (TPSA) is 55.1 Å². The Hall–Kier alpha value is -1.36. The van der Waals surface area contributed by atoms with Crippen molar-refractivity contribution >= 4 is 17.7 Å². The van der Waals surface area contributed by atoms with Gasteiger partial charge in [-0.1, -0.05) is 0 Å². The van der Waals surface area contributed by atoms with Crippen molar-refractivity contribution in [3.8, 4) is 0 Å². The van der Waals surface area contributed by atoms with Crippen molar-refractivity contribution in [3.05, 3.63) is 23.2 Å². The van der Waals surface area contributed by atoms with Gasteiger partial charge in [0.15, 0.2) is 0 Å². The quantitative estimate of drug-likeness (QED) is 0.647. The van der Waals surface area contributed by atoms with Gasteiger partial charge in [0.2, 0.25) is 0 Å². The molecule has 17 heavy (non-hydrogen) atoms. The molecule has 0 aromatic carbocycles. The zero-order chi connectivity index (χ0) is 13.1. The summed E-state index contributed by atoms with van der Waals surface area (Å²) in [6, 6.07) is 0. The minimum atomic E-state index is -0.493. The van der Waals surface area contributed by atoms with Crippen LogP contribution in [0, 0.1) is 0 Å². The number of nitrogens with zero attached hydrogens (tertiary/aromatic N) is 2. The SMILES string of the molecule is C[n+]1cc(CNC(=O)OC(C)(C)C)cnc1Cl. The molecule has 0 saturated heterocycles. The average Bonchev–Trinajstić information content (AvgIpc) is 2.17. The van der Waals surface area contributed by atoms with Crippen LogP contribution in [0.3, 0.4) is 0 Å². The fourth-order valence-electron chi connectivity index (χ4n) is 1.14. The average molecular weight is 259 g/mol. The molecular weight excluding hydrogens is 242 g/mol. The van der Waals surface area contributed by atoms with Crippen LogP contribution in [0.4, 0.5) is 4.79 Å². The number of alkyl carbamates (subject to hydrolysis) is 1. The first-order chi connectivity index (χ1) is 7.78. The van der Waals surface area contributed by atoms with Crippen molar-refractivity contribution < 1.29 is 14.1 Å². The van der Waals surface area contributed by atoms with E-state index in [4.69, 9.17) is 16.3 Å². The summed E-state index contributed by atoms with van der Waals surface area (Å²) in [7, 11) is 1.78. The second kappa shape index (κ2) is 5.31. The molecular formula is C11H17ClN3O2+. The van der Waals surface area contributed by atoms with E-state index in [9.17, 15) is 4.79 Å². The van der Waals surface area contributed by atoms with E-state index in [1.54, 1.807) is 24.0 Å². The van der Waals surface area contributed by atoms with Crippen LogP contribution >= 0.6 is 11.6 Å². The number of carbonyl (C=O) groups is 1. The van der Waals surface area contributed by atoms with E-state index in [2.05, 4.69) is 10.3 Å². The molecule has 0 unspecified atom stereocenters. The van der Waals surface area contributed by atoms with Gasteiger partial charge in [-0.3, -0.25) is 0 Å². The lowest BCUT2D eigenvalue weighted by Crippen LogP contribution is -2.34. The minimum Gasteiger partial charge on any atom is -0.444 e. The van der Waals surface area contributed by atoms with Crippen molar-refractivity contribution in [1.29, 1.82) is 0 Å². The Morgan fingerprint density at radius 2 is 2.24 bits per heavy atom. The molecule has 94 valence electrons. The maximum atomic E-state index is 11.4. The molecule has 0 aliphatic rings. The Bertz CT molecular complexity index is 416. The second-order valence-electron chi connectivity index (χ2n) is 4.70. The smallest absolute Gasteiger partial charge is 0.407 e. The highest BCUT2D eigenvalue weighted by atomic mass is 35.5. The summed E-state index contributed by atoms with van der Waals surface area (Å²) in [5.74, 6) is 0. The van der Waals surface area contributed by atoms with Gasteiger partial charge in [-0.25, -0.2) is 9.36 Å². The molecule has 1 N–H and O–H groups in total. The van der Waals surface area contributed by atoms with Crippen LogP contribution in [0.15, 0.2) is 12.4 Å². The van der Waals surface area contributed by atoms with E-state index in [0.717, 1.165) is 5.56 Å². The highest BCUT2D eigenvalue weighted by Crippen LogP contribution is 2.06. The van der Waals surface area contributed by atoms with Crippen molar-refractivity contribution in [2.75, 3.05) is 0 Å². The Morgan fingerprint density at radius 3 is 2.76 bits per heavy atom. The predicted molar refractivity (Wildman–Crippen MR) is 63.5 cm³/mol. The first-order valence-electron chi connectivity index (χ1n) is 5.25. The summed E-state index contributed by atoms with van der Waals surface area (Å²) >= 11 is 5.77. The van der Waals surface area contributed by atoms with Crippen molar-refractivity contribution in [2.45, 2.75) is 32.9 Å². The molecule has 0 fully saturated rings. The summed E-state index contributed by atoms with van der Waals surface area (Å²) in [5.41, 5.74) is 0.357. The van der Waals surface area contributed by atoms with Crippen molar-refractivity contribution in [2.24, 2.45) is 7.05 Å². The van der Waals surface area contributed by atoms with Crippen LogP contribution in [0.2, 0.25) is 5.28 Å².